The van der Waals surface area contributed by atoms with E-state index in [2.05, 4.69) is 75.2 Å². The van der Waals surface area contributed by atoms with E-state index in [9.17, 15) is 4.55 Å². The molecule has 3 nitrogen and oxygen atoms in total. The third kappa shape index (κ3) is 5.05. The highest BCUT2D eigenvalue weighted by atomic mass is 32.2. The fraction of sp³-hybridized carbons (Fsp3) is 0.636. The Hall–Kier alpha value is -0.970. The summed E-state index contributed by atoms with van der Waals surface area (Å²) in [5, 5.41) is 1.25. The molecule has 1 aromatic heterocycles. The van der Waals surface area contributed by atoms with Gasteiger partial charge in [0, 0.05) is 35.0 Å². The zero-order valence-corrected chi connectivity index (χ0v) is 18.8. The van der Waals surface area contributed by atoms with E-state index in [1.165, 1.54) is 22.0 Å². The Bertz CT molecular complexity index is 750. The van der Waals surface area contributed by atoms with Gasteiger partial charge in [0.25, 0.3) is 0 Å². The predicted molar refractivity (Wildman–Crippen MR) is 115 cm³/mol. The van der Waals surface area contributed by atoms with Crippen molar-refractivity contribution in [1.29, 1.82) is 0 Å². The SMILES string of the molecule is CC(C)c1ccc2c([C@@H](C)N[S@@+]([O-])C(C)(C)C)cn(CC(C)(C)C)c2c1. The van der Waals surface area contributed by atoms with E-state index in [1.54, 1.807) is 0 Å². The van der Waals surface area contributed by atoms with Gasteiger partial charge in [-0.2, -0.15) is 0 Å². The Kier molecular flexibility index (Phi) is 6.21. The molecule has 4 heteroatoms. The van der Waals surface area contributed by atoms with Gasteiger partial charge in [0.2, 0.25) is 0 Å². The van der Waals surface area contributed by atoms with Crippen molar-refractivity contribution in [2.24, 2.45) is 5.41 Å². The number of aromatic nitrogens is 1. The highest BCUT2D eigenvalue weighted by Crippen LogP contribution is 2.32. The van der Waals surface area contributed by atoms with Crippen molar-refractivity contribution in [3.05, 3.63) is 35.5 Å². The van der Waals surface area contributed by atoms with Gasteiger partial charge in [-0.05, 0) is 56.2 Å². The van der Waals surface area contributed by atoms with Crippen LogP contribution in [0.25, 0.3) is 10.9 Å². The Morgan fingerprint density at radius 3 is 2.19 bits per heavy atom. The third-order valence-corrected chi connectivity index (χ3v) is 6.24. The molecular weight excluding hydrogens is 340 g/mol. The highest BCUT2D eigenvalue weighted by molar-refractivity contribution is 7.90. The summed E-state index contributed by atoms with van der Waals surface area (Å²) in [7, 11) is 0. The number of nitrogens with zero attached hydrogens (tertiary/aromatic N) is 1. The summed E-state index contributed by atoms with van der Waals surface area (Å²) in [6.45, 7) is 20.3. The summed E-state index contributed by atoms with van der Waals surface area (Å²) in [6.07, 6.45) is 2.25. The fourth-order valence-electron chi connectivity index (χ4n) is 3.08. The molecule has 2 rings (SSSR count). The average Bonchev–Trinajstić information content (AvgIpc) is 2.82. The molecule has 0 saturated carbocycles. The first kappa shape index (κ1) is 21.3. The summed E-state index contributed by atoms with van der Waals surface area (Å²) >= 11 is -1.09. The quantitative estimate of drug-likeness (QED) is 0.658. The lowest BCUT2D eigenvalue weighted by Crippen LogP contribution is -2.40. The van der Waals surface area contributed by atoms with Gasteiger partial charge in [0.15, 0.2) is 0 Å². The normalized spacial score (nSPS) is 15.7. The monoisotopic (exact) mass is 376 g/mol. The topological polar surface area (TPSA) is 40.0 Å². The van der Waals surface area contributed by atoms with Gasteiger partial charge in [-0.3, -0.25) is 0 Å². The van der Waals surface area contributed by atoms with Gasteiger partial charge in [0.1, 0.15) is 4.75 Å². The maximum Gasteiger partial charge on any atom is 0.136 e. The first-order chi connectivity index (χ1) is 11.8. The number of fused-ring (bicyclic) bond motifs is 1. The summed E-state index contributed by atoms with van der Waals surface area (Å²) in [5.41, 5.74) is 4.05. The largest absolute Gasteiger partial charge is 0.598 e. The van der Waals surface area contributed by atoms with Crippen LogP contribution in [0.2, 0.25) is 0 Å². The van der Waals surface area contributed by atoms with E-state index < -0.39 is 11.4 Å². The van der Waals surface area contributed by atoms with Crippen LogP contribution >= 0.6 is 0 Å². The fourth-order valence-corrected chi connectivity index (χ4v) is 3.89. The predicted octanol–water partition coefficient (Wildman–Crippen LogP) is 5.92. The lowest BCUT2D eigenvalue weighted by atomic mass is 9.96. The number of nitrogens with one attached hydrogen (secondary N) is 1. The molecule has 0 saturated heterocycles. The maximum atomic E-state index is 12.6. The molecule has 26 heavy (non-hydrogen) atoms. The second-order valence-corrected chi connectivity index (χ2v) is 11.9. The minimum absolute atomic E-state index is 0.0312. The molecule has 0 bridgehead atoms. The van der Waals surface area contributed by atoms with Crippen molar-refractivity contribution in [3.63, 3.8) is 0 Å². The van der Waals surface area contributed by atoms with Crippen LogP contribution in [0.15, 0.2) is 24.4 Å². The molecule has 146 valence electrons. The average molecular weight is 377 g/mol. The Balaban J connectivity index is 2.49. The van der Waals surface area contributed by atoms with Crippen LogP contribution in [0, 0.1) is 5.41 Å². The molecule has 1 N–H and O–H groups in total. The molecule has 0 aliphatic carbocycles. The zero-order chi connectivity index (χ0) is 19.9. The van der Waals surface area contributed by atoms with Crippen LogP contribution in [-0.2, 0) is 17.9 Å². The Labute approximate surface area is 162 Å². The van der Waals surface area contributed by atoms with E-state index in [0.29, 0.717) is 5.92 Å². The van der Waals surface area contributed by atoms with Crippen molar-refractivity contribution < 1.29 is 4.55 Å². The molecule has 0 fully saturated rings. The molecular formula is C22H36N2OS. The van der Waals surface area contributed by atoms with E-state index in [-0.39, 0.29) is 16.2 Å². The minimum atomic E-state index is -1.09. The Morgan fingerprint density at radius 1 is 1.08 bits per heavy atom. The molecule has 0 amide bonds. The molecule has 0 aliphatic heterocycles. The van der Waals surface area contributed by atoms with Crippen molar-refractivity contribution in [1.82, 2.24) is 9.29 Å². The van der Waals surface area contributed by atoms with Crippen LogP contribution in [0.1, 0.15) is 85.4 Å². The van der Waals surface area contributed by atoms with Crippen molar-refractivity contribution >= 4 is 22.3 Å². The summed E-state index contributed by atoms with van der Waals surface area (Å²) < 4.78 is 18.0. The first-order valence-corrected chi connectivity index (χ1v) is 10.8. The van der Waals surface area contributed by atoms with E-state index in [1.807, 2.05) is 20.8 Å². The third-order valence-electron chi connectivity index (χ3n) is 4.56. The molecule has 1 aromatic carbocycles. The lowest BCUT2D eigenvalue weighted by Gasteiger charge is -2.26. The molecule has 0 aliphatic rings. The van der Waals surface area contributed by atoms with Crippen LogP contribution in [-0.4, -0.2) is 13.9 Å². The van der Waals surface area contributed by atoms with Crippen molar-refractivity contribution in [2.45, 2.75) is 85.6 Å². The smallest absolute Gasteiger partial charge is 0.136 e. The standard InChI is InChI=1S/C22H36N2OS/c1-15(2)17-10-11-18-19(16(3)23-26(25)22(7,8)9)13-24(20(18)12-17)14-21(4,5)6/h10-13,15-16,23H,14H2,1-9H3/t16-,26+/m1/s1. The second kappa shape index (κ2) is 7.57. The minimum Gasteiger partial charge on any atom is -0.598 e. The van der Waals surface area contributed by atoms with Gasteiger partial charge in [0.05, 0.1) is 6.04 Å². The molecule has 2 atom stereocenters. The molecule has 0 radical (unpaired) electrons. The van der Waals surface area contributed by atoms with Gasteiger partial charge in [-0.1, -0.05) is 46.8 Å². The molecule has 2 aromatic rings. The second-order valence-electron chi connectivity index (χ2n) is 9.92. The van der Waals surface area contributed by atoms with E-state index in [4.69, 9.17) is 0 Å². The van der Waals surface area contributed by atoms with E-state index in [0.717, 1.165) is 6.54 Å². The van der Waals surface area contributed by atoms with Crippen LogP contribution in [0.4, 0.5) is 0 Å². The van der Waals surface area contributed by atoms with Crippen LogP contribution < -0.4 is 4.72 Å². The molecule has 0 unspecified atom stereocenters. The maximum absolute atomic E-state index is 12.6. The summed E-state index contributed by atoms with van der Waals surface area (Å²) in [5.74, 6) is 0.504. The molecule has 0 spiro atoms. The number of hydrogen-bond donors (Lipinski definition) is 1. The van der Waals surface area contributed by atoms with Gasteiger partial charge >= 0.3 is 0 Å². The van der Waals surface area contributed by atoms with Crippen LogP contribution in [0.3, 0.4) is 0 Å². The van der Waals surface area contributed by atoms with E-state index >= 15 is 0 Å². The number of hydrogen-bond acceptors (Lipinski definition) is 2. The van der Waals surface area contributed by atoms with Crippen molar-refractivity contribution in [2.75, 3.05) is 0 Å². The van der Waals surface area contributed by atoms with Gasteiger partial charge in [-0.15, -0.1) is 4.72 Å². The Morgan fingerprint density at radius 2 is 1.69 bits per heavy atom. The zero-order valence-electron chi connectivity index (χ0n) is 17.9. The van der Waals surface area contributed by atoms with Crippen LogP contribution in [0.5, 0.6) is 0 Å². The number of benzene rings is 1. The molecule has 1 heterocycles. The lowest BCUT2D eigenvalue weighted by molar-refractivity contribution is 0.349. The highest BCUT2D eigenvalue weighted by Gasteiger charge is 2.29. The van der Waals surface area contributed by atoms with Crippen molar-refractivity contribution in [3.8, 4) is 0 Å². The first-order valence-electron chi connectivity index (χ1n) is 9.60. The summed E-state index contributed by atoms with van der Waals surface area (Å²) in [4.78, 5) is 0. The van der Waals surface area contributed by atoms with Gasteiger partial charge in [-0.25, -0.2) is 0 Å². The summed E-state index contributed by atoms with van der Waals surface area (Å²) in [6, 6.07) is 6.81. The number of rotatable bonds is 5. The van der Waals surface area contributed by atoms with Gasteiger partial charge < -0.3 is 9.12 Å².